The van der Waals surface area contributed by atoms with Gasteiger partial charge in [0.2, 0.25) is 0 Å². The summed E-state index contributed by atoms with van der Waals surface area (Å²) in [5.74, 6) is 2.62. The lowest BCUT2D eigenvalue weighted by Gasteiger charge is -2.33. The van der Waals surface area contributed by atoms with E-state index in [1.807, 2.05) is 44.3 Å². The summed E-state index contributed by atoms with van der Waals surface area (Å²) in [6.07, 6.45) is 2.62. The van der Waals surface area contributed by atoms with Gasteiger partial charge >= 0.3 is 0 Å². The van der Waals surface area contributed by atoms with Gasteiger partial charge in [0.15, 0.2) is 11.0 Å². The zero-order valence-corrected chi connectivity index (χ0v) is 20.4. The van der Waals surface area contributed by atoms with E-state index < -0.39 is 0 Å². The quantitative estimate of drug-likeness (QED) is 0.429. The van der Waals surface area contributed by atoms with E-state index in [4.69, 9.17) is 9.97 Å². The van der Waals surface area contributed by atoms with Crippen molar-refractivity contribution < 1.29 is 4.79 Å². The summed E-state index contributed by atoms with van der Waals surface area (Å²) in [5, 5.41) is 14.7. The van der Waals surface area contributed by atoms with Gasteiger partial charge in [0.05, 0.1) is 0 Å². The number of ketones is 1. The number of carbonyl (C=O) groups excluding carboxylic acids is 1. The van der Waals surface area contributed by atoms with Crippen molar-refractivity contribution in [1.29, 1.82) is 0 Å². The van der Waals surface area contributed by atoms with E-state index >= 15 is 0 Å². The van der Waals surface area contributed by atoms with Crippen LogP contribution >= 0.6 is 11.8 Å². The SMILES string of the molecule is CNC1CCN(c2nc(Sc3ccc(CC(C)=O)cc3)nc(Nc3cc(C)[nH]n3)c2C)CC1. The molecule has 1 aromatic carbocycles. The maximum Gasteiger partial charge on any atom is 0.196 e. The zero-order chi connectivity index (χ0) is 23.4. The molecule has 0 amide bonds. The largest absolute Gasteiger partial charge is 0.356 e. The van der Waals surface area contributed by atoms with Crippen LogP contribution in [0.4, 0.5) is 17.5 Å². The Morgan fingerprint density at radius 2 is 1.91 bits per heavy atom. The molecule has 0 saturated carbocycles. The predicted octanol–water partition coefficient (Wildman–Crippen LogP) is 4.03. The maximum absolute atomic E-state index is 11.4. The first kappa shape index (κ1) is 23.3. The number of rotatable bonds is 8. The molecule has 0 radical (unpaired) electrons. The summed E-state index contributed by atoms with van der Waals surface area (Å²) in [5.41, 5.74) is 3.01. The van der Waals surface area contributed by atoms with Crippen molar-refractivity contribution >= 4 is 35.0 Å². The van der Waals surface area contributed by atoms with Crippen LogP contribution in [-0.2, 0) is 11.2 Å². The number of H-pyrrole nitrogens is 1. The zero-order valence-electron chi connectivity index (χ0n) is 19.6. The summed E-state index contributed by atoms with van der Waals surface area (Å²) in [6, 6.07) is 10.5. The Morgan fingerprint density at radius 1 is 1.18 bits per heavy atom. The third kappa shape index (κ3) is 5.91. The molecule has 3 aromatic rings. The van der Waals surface area contributed by atoms with Crippen molar-refractivity contribution in [3.8, 4) is 0 Å². The highest BCUT2D eigenvalue weighted by Gasteiger charge is 2.23. The average molecular weight is 466 g/mol. The molecule has 2 aromatic heterocycles. The molecule has 33 heavy (non-hydrogen) atoms. The van der Waals surface area contributed by atoms with Gasteiger partial charge in [-0.05, 0) is 70.1 Å². The van der Waals surface area contributed by atoms with E-state index in [2.05, 4.69) is 32.7 Å². The number of Topliss-reactive ketones (excluding diaryl/α,β-unsaturated/α-hetero) is 1. The van der Waals surface area contributed by atoms with Crippen LogP contribution in [0, 0.1) is 13.8 Å². The van der Waals surface area contributed by atoms with Crippen molar-refractivity contribution in [3.05, 3.63) is 47.2 Å². The minimum atomic E-state index is 0.160. The molecule has 0 spiro atoms. The summed E-state index contributed by atoms with van der Waals surface area (Å²) >= 11 is 1.52. The number of nitrogens with one attached hydrogen (secondary N) is 3. The number of piperidine rings is 1. The molecule has 1 fully saturated rings. The van der Waals surface area contributed by atoms with E-state index in [1.54, 1.807) is 6.92 Å². The van der Waals surface area contributed by atoms with Gasteiger partial charge in [-0.3, -0.25) is 9.89 Å². The van der Waals surface area contributed by atoms with Crippen LogP contribution < -0.4 is 15.5 Å². The molecule has 0 unspecified atom stereocenters. The Kier molecular flexibility index (Phi) is 7.29. The van der Waals surface area contributed by atoms with E-state index in [0.29, 0.717) is 17.6 Å². The van der Waals surface area contributed by atoms with Crippen LogP contribution in [0.25, 0.3) is 0 Å². The molecule has 8 nitrogen and oxygen atoms in total. The molecule has 1 saturated heterocycles. The molecular weight excluding hydrogens is 434 g/mol. The number of aryl methyl sites for hydroxylation is 1. The lowest BCUT2D eigenvalue weighted by atomic mass is 10.0. The minimum absolute atomic E-state index is 0.160. The van der Waals surface area contributed by atoms with Gasteiger partial charge < -0.3 is 15.5 Å². The molecule has 1 aliphatic heterocycles. The third-order valence-electron chi connectivity index (χ3n) is 5.84. The van der Waals surface area contributed by atoms with Gasteiger partial charge in [-0.1, -0.05) is 12.1 Å². The second kappa shape index (κ2) is 10.4. The Morgan fingerprint density at radius 3 is 2.52 bits per heavy atom. The van der Waals surface area contributed by atoms with Gasteiger partial charge in [0.1, 0.15) is 17.4 Å². The molecular formula is C24H31N7OS. The van der Waals surface area contributed by atoms with Gasteiger partial charge in [-0.2, -0.15) is 5.10 Å². The molecule has 4 rings (SSSR count). The molecule has 0 aliphatic carbocycles. The van der Waals surface area contributed by atoms with Crippen LogP contribution in [0.1, 0.15) is 36.6 Å². The van der Waals surface area contributed by atoms with Gasteiger partial charge in [-0.25, -0.2) is 9.97 Å². The van der Waals surface area contributed by atoms with Gasteiger partial charge in [0, 0.05) is 47.8 Å². The van der Waals surface area contributed by atoms with Crippen LogP contribution in [0.2, 0.25) is 0 Å². The van der Waals surface area contributed by atoms with Crippen LogP contribution in [-0.4, -0.2) is 52.1 Å². The first-order chi connectivity index (χ1) is 15.9. The number of hydrogen-bond acceptors (Lipinski definition) is 8. The Hall–Kier alpha value is -2.91. The minimum Gasteiger partial charge on any atom is -0.356 e. The summed E-state index contributed by atoms with van der Waals surface area (Å²) in [7, 11) is 2.03. The smallest absolute Gasteiger partial charge is 0.196 e. The van der Waals surface area contributed by atoms with Crippen LogP contribution in [0.15, 0.2) is 40.4 Å². The average Bonchev–Trinajstić information content (AvgIpc) is 3.21. The third-order valence-corrected chi connectivity index (χ3v) is 6.71. The highest BCUT2D eigenvalue weighted by atomic mass is 32.2. The van der Waals surface area contributed by atoms with Crippen molar-refractivity contribution in [2.24, 2.45) is 0 Å². The number of anilines is 3. The highest BCUT2D eigenvalue weighted by molar-refractivity contribution is 7.99. The first-order valence-corrected chi connectivity index (χ1v) is 12.1. The van der Waals surface area contributed by atoms with E-state index in [0.717, 1.165) is 65.1 Å². The lowest BCUT2D eigenvalue weighted by Crippen LogP contribution is -2.41. The van der Waals surface area contributed by atoms with Gasteiger partial charge in [-0.15, -0.1) is 0 Å². The van der Waals surface area contributed by atoms with E-state index in [-0.39, 0.29) is 5.78 Å². The second-order valence-electron chi connectivity index (χ2n) is 8.54. The fourth-order valence-electron chi connectivity index (χ4n) is 4.01. The molecule has 0 bridgehead atoms. The molecule has 0 atom stereocenters. The maximum atomic E-state index is 11.4. The Balaban J connectivity index is 1.62. The first-order valence-electron chi connectivity index (χ1n) is 11.3. The number of hydrogen-bond donors (Lipinski definition) is 3. The summed E-state index contributed by atoms with van der Waals surface area (Å²) < 4.78 is 0. The molecule has 3 N–H and O–H groups in total. The summed E-state index contributed by atoms with van der Waals surface area (Å²) in [6.45, 7) is 7.55. The number of carbonyl (C=O) groups is 1. The normalized spacial score (nSPS) is 14.5. The van der Waals surface area contributed by atoms with Crippen molar-refractivity contribution in [2.45, 2.75) is 56.1 Å². The highest BCUT2D eigenvalue weighted by Crippen LogP contribution is 2.33. The van der Waals surface area contributed by atoms with E-state index in [9.17, 15) is 4.79 Å². The number of aromatic amines is 1. The Bertz CT molecular complexity index is 1100. The standard InChI is InChI=1S/C24H31N7OS/c1-15-13-21(30-29-15)26-22-17(3)23(31-11-9-19(25-4)10-12-31)28-24(27-22)33-20-7-5-18(6-8-20)14-16(2)32/h5-8,13,19,25H,9-12,14H2,1-4H3,(H2,26,27,28,29,30). The monoisotopic (exact) mass is 465 g/mol. The van der Waals surface area contributed by atoms with Crippen molar-refractivity contribution in [1.82, 2.24) is 25.5 Å². The summed E-state index contributed by atoms with van der Waals surface area (Å²) in [4.78, 5) is 24.6. The van der Waals surface area contributed by atoms with Crippen LogP contribution in [0.3, 0.4) is 0 Å². The molecule has 9 heteroatoms. The van der Waals surface area contributed by atoms with E-state index in [1.165, 1.54) is 11.8 Å². The number of benzene rings is 1. The van der Waals surface area contributed by atoms with Crippen molar-refractivity contribution in [3.63, 3.8) is 0 Å². The topological polar surface area (TPSA) is 98.8 Å². The molecule has 1 aliphatic rings. The lowest BCUT2D eigenvalue weighted by molar-refractivity contribution is -0.116. The van der Waals surface area contributed by atoms with Crippen LogP contribution in [0.5, 0.6) is 0 Å². The van der Waals surface area contributed by atoms with Crippen molar-refractivity contribution in [2.75, 3.05) is 30.4 Å². The number of nitrogens with zero attached hydrogens (tertiary/aromatic N) is 4. The number of aromatic nitrogens is 4. The molecule has 174 valence electrons. The second-order valence-corrected chi connectivity index (χ2v) is 9.58. The fourth-order valence-corrected chi connectivity index (χ4v) is 4.76. The Labute approximate surface area is 199 Å². The fraction of sp³-hybridized carbons (Fsp3) is 0.417. The molecule has 3 heterocycles. The van der Waals surface area contributed by atoms with Gasteiger partial charge in [0.25, 0.3) is 0 Å². The predicted molar refractivity (Wildman–Crippen MR) is 133 cm³/mol.